The van der Waals surface area contributed by atoms with Crippen LogP contribution in [0.2, 0.25) is 0 Å². The van der Waals surface area contributed by atoms with E-state index < -0.39 is 0 Å². The average molecular weight is 289 g/mol. The van der Waals surface area contributed by atoms with E-state index in [0.29, 0.717) is 18.8 Å². The molecular formula is C14H15N3O2S. The third-order valence-electron chi connectivity index (χ3n) is 3.11. The van der Waals surface area contributed by atoms with Gasteiger partial charge in [-0.25, -0.2) is 9.78 Å². The van der Waals surface area contributed by atoms with Crippen LogP contribution in [0, 0.1) is 6.92 Å². The SMILES string of the molecule is CCOC(=O)c1c(C)ccn1Cc1cn2ccsc2n1. The van der Waals surface area contributed by atoms with Gasteiger partial charge in [-0.05, 0) is 25.5 Å². The Morgan fingerprint density at radius 3 is 3.05 bits per heavy atom. The Hall–Kier alpha value is -2.08. The lowest BCUT2D eigenvalue weighted by Crippen LogP contribution is -2.13. The van der Waals surface area contributed by atoms with E-state index in [9.17, 15) is 4.79 Å². The van der Waals surface area contributed by atoms with Gasteiger partial charge in [-0.3, -0.25) is 4.40 Å². The summed E-state index contributed by atoms with van der Waals surface area (Å²) in [4.78, 5) is 17.5. The van der Waals surface area contributed by atoms with Gasteiger partial charge in [-0.15, -0.1) is 11.3 Å². The minimum atomic E-state index is -0.281. The molecule has 0 amide bonds. The highest BCUT2D eigenvalue weighted by Crippen LogP contribution is 2.16. The van der Waals surface area contributed by atoms with Gasteiger partial charge in [0.15, 0.2) is 4.96 Å². The first-order chi connectivity index (χ1) is 9.69. The van der Waals surface area contributed by atoms with E-state index in [2.05, 4.69) is 4.98 Å². The van der Waals surface area contributed by atoms with Crippen molar-refractivity contribution in [2.24, 2.45) is 0 Å². The van der Waals surface area contributed by atoms with E-state index in [0.717, 1.165) is 16.2 Å². The zero-order valence-electron chi connectivity index (χ0n) is 11.4. The maximum Gasteiger partial charge on any atom is 0.355 e. The molecule has 0 atom stereocenters. The maximum atomic E-state index is 12.0. The summed E-state index contributed by atoms with van der Waals surface area (Å²) >= 11 is 1.59. The summed E-state index contributed by atoms with van der Waals surface area (Å²) in [5.41, 5.74) is 2.45. The van der Waals surface area contributed by atoms with Crippen molar-refractivity contribution >= 4 is 22.3 Å². The zero-order valence-corrected chi connectivity index (χ0v) is 12.2. The fourth-order valence-corrected chi connectivity index (χ4v) is 2.94. The highest BCUT2D eigenvalue weighted by molar-refractivity contribution is 7.15. The first-order valence-electron chi connectivity index (χ1n) is 6.43. The van der Waals surface area contributed by atoms with E-state index in [1.165, 1.54) is 0 Å². The topological polar surface area (TPSA) is 48.5 Å². The molecular weight excluding hydrogens is 274 g/mol. The molecule has 0 spiro atoms. The van der Waals surface area contributed by atoms with Gasteiger partial charge in [0.1, 0.15) is 5.69 Å². The lowest BCUT2D eigenvalue weighted by molar-refractivity contribution is 0.0513. The summed E-state index contributed by atoms with van der Waals surface area (Å²) in [6, 6.07) is 1.92. The van der Waals surface area contributed by atoms with Crippen LogP contribution in [0.5, 0.6) is 0 Å². The lowest BCUT2D eigenvalue weighted by Gasteiger charge is -2.08. The van der Waals surface area contributed by atoms with Crippen molar-refractivity contribution in [3.63, 3.8) is 0 Å². The normalized spacial score (nSPS) is 11.1. The molecule has 20 heavy (non-hydrogen) atoms. The number of ether oxygens (including phenoxy) is 1. The van der Waals surface area contributed by atoms with Gasteiger partial charge in [-0.2, -0.15) is 0 Å². The third-order valence-corrected chi connectivity index (χ3v) is 3.88. The fourth-order valence-electron chi connectivity index (χ4n) is 2.22. The highest BCUT2D eigenvalue weighted by atomic mass is 32.1. The zero-order chi connectivity index (χ0) is 14.1. The molecule has 0 saturated heterocycles. The number of thiazole rings is 1. The minimum Gasteiger partial charge on any atom is -0.461 e. The molecule has 3 rings (SSSR count). The van der Waals surface area contributed by atoms with Crippen LogP contribution in [-0.2, 0) is 11.3 Å². The Morgan fingerprint density at radius 2 is 2.30 bits per heavy atom. The number of esters is 1. The van der Waals surface area contributed by atoms with Crippen LogP contribution in [0.25, 0.3) is 4.96 Å². The smallest absolute Gasteiger partial charge is 0.355 e. The summed E-state index contributed by atoms with van der Waals surface area (Å²) in [7, 11) is 0. The summed E-state index contributed by atoms with van der Waals surface area (Å²) < 4.78 is 8.98. The number of nitrogens with zero attached hydrogens (tertiary/aromatic N) is 3. The third kappa shape index (κ3) is 2.22. The van der Waals surface area contributed by atoms with E-state index in [4.69, 9.17) is 4.74 Å². The van der Waals surface area contributed by atoms with E-state index >= 15 is 0 Å². The Bertz CT molecular complexity index is 725. The molecule has 6 heteroatoms. The Balaban J connectivity index is 1.90. The number of fused-ring (bicyclic) bond motifs is 1. The number of rotatable bonds is 4. The van der Waals surface area contributed by atoms with E-state index in [-0.39, 0.29) is 5.97 Å². The largest absolute Gasteiger partial charge is 0.461 e. The number of aryl methyl sites for hydroxylation is 1. The summed E-state index contributed by atoms with van der Waals surface area (Å²) in [5.74, 6) is -0.281. The molecule has 0 fully saturated rings. The van der Waals surface area contributed by atoms with Crippen LogP contribution in [0.3, 0.4) is 0 Å². The second-order valence-electron chi connectivity index (χ2n) is 4.52. The second kappa shape index (κ2) is 5.13. The number of carbonyl (C=O) groups excluding carboxylic acids is 1. The molecule has 0 radical (unpaired) electrons. The molecule has 0 bridgehead atoms. The number of carbonyl (C=O) groups is 1. The molecule has 0 aliphatic carbocycles. The molecule has 3 aromatic heterocycles. The van der Waals surface area contributed by atoms with Crippen LogP contribution in [0.4, 0.5) is 0 Å². The monoisotopic (exact) mass is 289 g/mol. The molecule has 0 saturated carbocycles. The first-order valence-corrected chi connectivity index (χ1v) is 7.31. The van der Waals surface area contributed by atoms with Crippen molar-refractivity contribution in [2.45, 2.75) is 20.4 Å². The van der Waals surface area contributed by atoms with E-state index in [1.54, 1.807) is 11.3 Å². The van der Waals surface area contributed by atoms with Crippen molar-refractivity contribution < 1.29 is 9.53 Å². The van der Waals surface area contributed by atoms with Gasteiger partial charge in [0.05, 0.1) is 18.8 Å². The van der Waals surface area contributed by atoms with Gasteiger partial charge in [0.25, 0.3) is 0 Å². The summed E-state index contributed by atoms with van der Waals surface area (Å²) in [6.45, 7) is 4.67. The van der Waals surface area contributed by atoms with Crippen LogP contribution < -0.4 is 0 Å². The Labute approximate surface area is 120 Å². The number of aromatic nitrogens is 3. The number of hydrogen-bond donors (Lipinski definition) is 0. The van der Waals surface area contributed by atoms with Gasteiger partial charge >= 0.3 is 5.97 Å². The lowest BCUT2D eigenvalue weighted by atomic mass is 10.2. The molecule has 0 aliphatic heterocycles. The van der Waals surface area contributed by atoms with Crippen LogP contribution in [0.1, 0.15) is 28.7 Å². The molecule has 5 nitrogen and oxygen atoms in total. The Kier molecular flexibility index (Phi) is 3.31. The van der Waals surface area contributed by atoms with Crippen LogP contribution in [-0.4, -0.2) is 26.5 Å². The number of hydrogen-bond acceptors (Lipinski definition) is 4. The molecule has 0 N–H and O–H groups in total. The van der Waals surface area contributed by atoms with Crippen molar-refractivity contribution in [3.05, 3.63) is 47.0 Å². The maximum absolute atomic E-state index is 12.0. The van der Waals surface area contributed by atoms with Crippen LogP contribution in [0.15, 0.2) is 30.0 Å². The number of imidazole rings is 1. The fraction of sp³-hybridized carbons (Fsp3) is 0.286. The molecule has 0 aromatic carbocycles. The van der Waals surface area contributed by atoms with Crippen molar-refractivity contribution in [1.82, 2.24) is 14.0 Å². The first kappa shape index (κ1) is 12.9. The summed E-state index contributed by atoms with van der Waals surface area (Å²) in [5, 5.41) is 2.00. The molecule has 104 valence electrons. The Morgan fingerprint density at radius 1 is 1.45 bits per heavy atom. The van der Waals surface area contributed by atoms with Gasteiger partial charge in [0.2, 0.25) is 0 Å². The van der Waals surface area contributed by atoms with Gasteiger partial charge < -0.3 is 9.30 Å². The summed E-state index contributed by atoms with van der Waals surface area (Å²) in [6.07, 6.45) is 5.86. The van der Waals surface area contributed by atoms with E-state index in [1.807, 2.05) is 52.9 Å². The molecule has 0 unspecified atom stereocenters. The van der Waals surface area contributed by atoms with Gasteiger partial charge in [0, 0.05) is 24.0 Å². The predicted molar refractivity (Wildman–Crippen MR) is 77.3 cm³/mol. The van der Waals surface area contributed by atoms with Crippen molar-refractivity contribution in [2.75, 3.05) is 6.61 Å². The van der Waals surface area contributed by atoms with Crippen LogP contribution >= 0.6 is 11.3 Å². The van der Waals surface area contributed by atoms with Crippen molar-refractivity contribution in [3.8, 4) is 0 Å². The standard InChI is InChI=1S/C14H15N3O2S/c1-3-19-13(18)12-10(2)4-5-16(12)8-11-9-17-6-7-20-14(17)15-11/h4-7,9H,3,8H2,1-2H3. The van der Waals surface area contributed by atoms with Crippen molar-refractivity contribution in [1.29, 1.82) is 0 Å². The highest BCUT2D eigenvalue weighted by Gasteiger charge is 2.16. The minimum absolute atomic E-state index is 0.281. The average Bonchev–Trinajstić information content (AvgIpc) is 3.05. The molecule has 3 aromatic rings. The predicted octanol–water partition coefficient (Wildman–Crippen LogP) is 2.73. The van der Waals surface area contributed by atoms with Gasteiger partial charge in [-0.1, -0.05) is 0 Å². The quantitative estimate of drug-likeness (QED) is 0.694. The molecule has 0 aliphatic rings. The molecule has 3 heterocycles. The second-order valence-corrected chi connectivity index (χ2v) is 5.39.